The number of carbonyl (C=O) groups excluding carboxylic acids is 2. The Morgan fingerprint density at radius 3 is 2.50 bits per heavy atom. The van der Waals surface area contributed by atoms with Gasteiger partial charge in [-0.05, 0) is 37.1 Å². The Bertz CT molecular complexity index is 480. The van der Waals surface area contributed by atoms with Crippen LogP contribution in [0.5, 0.6) is 0 Å². The van der Waals surface area contributed by atoms with Crippen LogP contribution in [0.2, 0.25) is 5.02 Å². The number of hydrogen-bond donors (Lipinski definition) is 0. The number of hydrogen-bond acceptors (Lipinski definition) is 4. The predicted molar refractivity (Wildman–Crippen MR) is 91.4 cm³/mol. The van der Waals surface area contributed by atoms with Gasteiger partial charge in [0.05, 0.1) is 6.61 Å². The lowest BCUT2D eigenvalue weighted by Crippen LogP contribution is -2.24. The summed E-state index contributed by atoms with van der Waals surface area (Å²) in [6.45, 7) is 6.67. The lowest BCUT2D eigenvalue weighted by atomic mass is 9.87. The minimum Gasteiger partial charge on any atom is -0.468 e. The van der Waals surface area contributed by atoms with Gasteiger partial charge in [-0.15, -0.1) is 11.8 Å². The quantitative estimate of drug-likeness (QED) is 0.368. The second-order valence-corrected chi connectivity index (χ2v) is 7.99. The smallest absolute Gasteiger partial charge is 0.293 e. The number of ether oxygens (including phenoxy) is 1. The molecule has 0 spiro atoms. The summed E-state index contributed by atoms with van der Waals surface area (Å²) in [7, 11) is 0. The van der Waals surface area contributed by atoms with E-state index in [0.29, 0.717) is 24.5 Å². The summed E-state index contributed by atoms with van der Waals surface area (Å²) in [4.78, 5) is 23.6. The maximum Gasteiger partial charge on any atom is 0.293 e. The summed E-state index contributed by atoms with van der Waals surface area (Å²) in [6, 6.07) is 7.62. The molecule has 1 aromatic rings. The highest BCUT2D eigenvalue weighted by Crippen LogP contribution is 2.32. The third kappa shape index (κ3) is 7.32. The molecule has 3 nitrogen and oxygen atoms in total. The van der Waals surface area contributed by atoms with Crippen LogP contribution in [0.15, 0.2) is 29.2 Å². The van der Waals surface area contributed by atoms with Gasteiger partial charge in [-0.3, -0.25) is 9.59 Å². The number of rotatable bonds is 9. The van der Waals surface area contributed by atoms with Gasteiger partial charge < -0.3 is 4.74 Å². The minimum atomic E-state index is -0.335. The van der Waals surface area contributed by atoms with E-state index < -0.39 is 0 Å². The Balaban J connectivity index is 2.66. The normalized spacial score (nSPS) is 12.7. The fraction of sp³-hybridized carbons (Fsp3) is 0.529. The second-order valence-electron chi connectivity index (χ2n) is 6.18. The Morgan fingerprint density at radius 2 is 1.95 bits per heavy atom. The van der Waals surface area contributed by atoms with E-state index in [4.69, 9.17) is 16.3 Å². The standard InChI is InChI=1S/C17H23ClO3S/c1-17(2,3)16(20)11-15(5-4-10-21-12-19)22-14-8-6-13(18)7-9-14/h6-9,12,15H,4-5,10-11H2,1-3H3. The maximum atomic E-state index is 12.3. The molecular weight excluding hydrogens is 320 g/mol. The molecular formula is C17H23ClO3S. The average molecular weight is 343 g/mol. The van der Waals surface area contributed by atoms with Crippen LogP contribution in [0.1, 0.15) is 40.0 Å². The molecule has 0 N–H and O–H groups in total. The molecule has 0 amide bonds. The van der Waals surface area contributed by atoms with Crippen LogP contribution < -0.4 is 0 Å². The number of carbonyl (C=O) groups is 2. The van der Waals surface area contributed by atoms with Gasteiger partial charge in [-0.2, -0.15) is 0 Å². The number of benzene rings is 1. The van der Waals surface area contributed by atoms with Gasteiger partial charge in [-0.1, -0.05) is 32.4 Å². The molecule has 0 saturated heterocycles. The van der Waals surface area contributed by atoms with Crippen LogP contribution in [0, 0.1) is 5.41 Å². The highest BCUT2D eigenvalue weighted by molar-refractivity contribution is 8.00. The Morgan fingerprint density at radius 1 is 1.32 bits per heavy atom. The first kappa shape index (κ1) is 19.0. The largest absolute Gasteiger partial charge is 0.468 e. The van der Waals surface area contributed by atoms with Crippen LogP contribution in [-0.4, -0.2) is 24.1 Å². The topological polar surface area (TPSA) is 43.4 Å². The van der Waals surface area contributed by atoms with Crippen LogP contribution >= 0.6 is 23.4 Å². The summed E-state index contributed by atoms with van der Waals surface area (Å²) in [6.07, 6.45) is 2.09. The molecule has 0 aliphatic heterocycles. The molecule has 0 fully saturated rings. The van der Waals surface area contributed by atoms with E-state index in [0.717, 1.165) is 17.7 Å². The summed E-state index contributed by atoms with van der Waals surface area (Å²) >= 11 is 7.57. The van der Waals surface area contributed by atoms with Crippen molar-refractivity contribution in [3.8, 4) is 0 Å². The second kappa shape index (κ2) is 9.21. The van der Waals surface area contributed by atoms with Gasteiger partial charge in [0.15, 0.2) is 0 Å². The molecule has 0 aromatic heterocycles. The zero-order valence-electron chi connectivity index (χ0n) is 13.3. The fourth-order valence-corrected chi connectivity index (χ4v) is 3.19. The van der Waals surface area contributed by atoms with Gasteiger partial charge in [0.1, 0.15) is 5.78 Å². The van der Waals surface area contributed by atoms with Crippen molar-refractivity contribution in [1.29, 1.82) is 0 Å². The average Bonchev–Trinajstić information content (AvgIpc) is 2.44. The van der Waals surface area contributed by atoms with Crippen molar-refractivity contribution in [3.63, 3.8) is 0 Å². The zero-order valence-corrected chi connectivity index (χ0v) is 14.9. The molecule has 1 unspecified atom stereocenters. The Kier molecular flexibility index (Phi) is 7.97. The lowest BCUT2D eigenvalue weighted by Gasteiger charge is -2.22. The zero-order chi connectivity index (χ0) is 16.6. The third-order valence-corrected chi connectivity index (χ3v) is 4.75. The first-order valence-corrected chi connectivity index (χ1v) is 8.59. The molecule has 1 rings (SSSR count). The third-order valence-electron chi connectivity index (χ3n) is 3.22. The molecule has 0 aliphatic rings. The molecule has 0 saturated carbocycles. The maximum absolute atomic E-state index is 12.3. The molecule has 122 valence electrons. The summed E-state index contributed by atoms with van der Waals surface area (Å²) in [5.41, 5.74) is -0.335. The molecule has 5 heteroatoms. The van der Waals surface area contributed by atoms with Gasteiger partial charge in [-0.25, -0.2) is 0 Å². The van der Waals surface area contributed by atoms with Crippen molar-refractivity contribution in [3.05, 3.63) is 29.3 Å². The highest BCUT2D eigenvalue weighted by Gasteiger charge is 2.25. The van der Waals surface area contributed by atoms with Crippen molar-refractivity contribution in [2.24, 2.45) is 5.41 Å². The van der Waals surface area contributed by atoms with Gasteiger partial charge >= 0.3 is 0 Å². The van der Waals surface area contributed by atoms with Gasteiger partial charge in [0, 0.05) is 27.0 Å². The van der Waals surface area contributed by atoms with E-state index in [1.54, 1.807) is 11.8 Å². The van der Waals surface area contributed by atoms with E-state index in [9.17, 15) is 9.59 Å². The molecule has 0 heterocycles. The Labute approximate surface area is 141 Å². The SMILES string of the molecule is CC(C)(C)C(=O)CC(CCCOC=O)Sc1ccc(Cl)cc1. The minimum absolute atomic E-state index is 0.170. The molecule has 22 heavy (non-hydrogen) atoms. The first-order valence-electron chi connectivity index (χ1n) is 7.33. The number of halogens is 1. The van der Waals surface area contributed by atoms with E-state index in [-0.39, 0.29) is 16.4 Å². The molecule has 0 radical (unpaired) electrons. The monoisotopic (exact) mass is 342 g/mol. The van der Waals surface area contributed by atoms with E-state index in [2.05, 4.69) is 0 Å². The summed E-state index contributed by atoms with van der Waals surface area (Å²) in [5.74, 6) is 0.246. The van der Waals surface area contributed by atoms with Crippen LogP contribution in [0.4, 0.5) is 0 Å². The lowest BCUT2D eigenvalue weighted by molar-refractivity contribution is -0.129. The van der Waals surface area contributed by atoms with Crippen molar-refractivity contribution < 1.29 is 14.3 Å². The summed E-state index contributed by atoms with van der Waals surface area (Å²) < 4.78 is 4.73. The van der Waals surface area contributed by atoms with Crippen molar-refractivity contribution >= 4 is 35.6 Å². The van der Waals surface area contributed by atoms with Crippen LogP contribution in [0.25, 0.3) is 0 Å². The number of Topliss-reactive ketones (excluding diaryl/α,β-unsaturated/α-hetero) is 1. The van der Waals surface area contributed by atoms with Crippen LogP contribution in [0.3, 0.4) is 0 Å². The van der Waals surface area contributed by atoms with E-state index in [1.165, 1.54) is 0 Å². The molecule has 1 atom stereocenters. The summed E-state index contributed by atoms with van der Waals surface area (Å²) in [5, 5.41) is 0.870. The number of thioether (sulfide) groups is 1. The molecule has 1 aromatic carbocycles. The fourth-order valence-electron chi connectivity index (χ4n) is 1.86. The van der Waals surface area contributed by atoms with Gasteiger partial charge in [0.25, 0.3) is 6.47 Å². The molecule has 0 bridgehead atoms. The van der Waals surface area contributed by atoms with Crippen molar-refractivity contribution in [2.45, 2.75) is 50.2 Å². The van der Waals surface area contributed by atoms with Crippen molar-refractivity contribution in [1.82, 2.24) is 0 Å². The van der Waals surface area contributed by atoms with E-state index >= 15 is 0 Å². The first-order chi connectivity index (χ1) is 10.3. The molecule has 0 aliphatic carbocycles. The van der Waals surface area contributed by atoms with Gasteiger partial charge in [0.2, 0.25) is 0 Å². The Hall–Kier alpha value is -1.00. The van der Waals surface area contributed by atoms with Crippen LogP contribution in [-0.2, 0) is 14.3 Å². The number of ketones is 1. The van der Waals surface area contributed by atoms with Crippen molar-refractivity contribution in [2.75, 3.05) is 6.61 Å². The predicted octanol–water partition coefficient (Wildman–Crippen LogP) is 4.76. The van der Waals surface area contributed by atoms with E-state index in [1.807, 2.05) is 45.0 Å². The highest BCUT2D eigenvalue weighted by atomic mass is 35.5.